The van der Waals surface area contributed by atoms with Gasteiger partial charge in [0, 0.05) is 25.2 Å². The highest BCUT2D eigenvalue weighted by atomic mass is 35.5. The number of alkyl halides is 1. The summed E-state index contributed by atoms with van der Waals surface area (Å²) in [7, 11) is -2.82. The van der Waals surface area contributed by atoms with E-state index in [2.05, 4.69) is 5.32 Å². The Morgan fingerprint density at radius 3 is 2.46 bits per heavy atom. The van der Waals surface area contributed by atoms with Gasteiger partial charge < -0.3 is 5.32 Å². The average Bonchev–Trinajstić information content (AvgIpc) is 2.78. The van der Waals surface area contributed by atoms with Crippen LogP contribution < -0.4 is 5.32 Å². The molecule has 0 radical (unpaired) electrons. The van der Waals surface area contributed by atoms with Crippen LogP contribution in [0.3, 0.4) is 0 Å². The minimum atomic E-state index is -2.82. The van der Waals surface area contributed by atoms with Crippen LogP contribution in [0.2, 0.25) is 0 Å². The Hall–Kier alpha value is 0.200. The third-order valence-electron chi connectivity index (χ3n) is 2.39. The largest absolute Gasteiger partial charge is 0.315 e. The highest BCUT2D eigenvalue weighted by molar-refractivity contribution is 7.90. The molecule has 0 atom stereocenters. The molecule has 13 heavy (non-hydrogen) atoms. The monoisotopic (exact) mass is 225 g/mol. The Labute approximate surface area is 84.8 Å². The zero-order valence-corrected chi connectivity index (χ0v) is 9.42. The number of sulfone groups is 1. The first-order valence-electron chi connectivity index (χ1n) is 4.42. The molecule has 1 aliphatic carbocycles. The molecule has 1 saturated carbocycles. The van der Waals surface area contributed by atoms with E-state index < -0.39 is 9.84 Å². The van der Waals surface area contributed by atoms with Crippen LogP contribution in [-0.2, 0) is 9.84 Å². The van der Waals surface area contributed by atoms with E-state index in [0.717, 1.165) is 6.54 Å². The maximum absolute atomic E-state index is 10.8. The van der Waals surface area contributed by atoms with E-state index >= 15 is 0 Å². The number of rotatable bonds is 6. The molecule has 0 aromatic rings. The number of hydrogen-bond acceptors (Lipinski definition) is 3. The molecule has 0 aliphatic heterocycles. The highest BCUT2D eigenvalue weighted by Crippen LogP contribution is 2.45. The Morgan fingerprint density at radius 2 is 2.08 bits per heavy atom. The molecule has 0 unspecified atom stereocenters. The SMILES string of the molecule is CS(=O)(=O)CCNCC1(CCl)CC1. The zero-order chi connectivity index (χ0) is 9.95. The molecule has 0 saturated heterocycles. The summed E-state index contributed by atoms with van der Waals surface area (Å²) in [6, 6.07) is 0. The molecule has 1 aliphatic rings. The average molecular weight is 226 g/mol. The number of nitrogens with one attached hydrogen (secondary N) is 1. The molecule has 1 rings (SSSR count). The Balaban J connectivity index is 2.08. The first-order chi connectivity index (χ1) is 5.97. The summed E-state index contributed by atoms with van der Waals surface area (Å²) >= 11 is 5.77. The molecule has 0 aromatic heterocycles. The van der Waals surface area contributed by atoms with Crippen molar-refractivity contribution in [2.75, 3.05) is 31.0 Å². The summed E-state index contributed by atoms with van der Waals surface area (Å²) < 4.78 is 21.5. The van der Waals surface area contributed by atoms with Crippen LogP contribution in [0.4, 0.5) is 0 Å². The van der Waals surface area contributed by atoms with Crippen LogP contribution in [0, 0.1) is 5.41 Å². The van der Waals surface area contributed by atoms with Crippen molar-refractivity contribution >= 4 is 21.4 Å². The lowest BCUT2D eigenvalue weighted by atomic mass is 10.1. The van der Waals surface area contributed by atoms with Gasteiger partial charge in [-0.2, -0.15) is 0 Å². The lowest BCUT2D eigenvalue weighted by molar-refractivity contribution is 0.514. The third kappa shape index (κ3) is 4.29. The van der Waals surface area contributed by atoms with Crippen molar-refractivity contribution in [1.29, 1.82) is 0 Å². The Kier molecular flexibility index (Phi) is 3.60. The lowest BCUT2D eigenvalue weighted by Crippen LogP contribution is -2.29. The first kappa shape index (κ1) is 11.3. The lowest BCUT2D eigenvalue weighted by Gasteiger charge is -2.11. The first-order valence-corrected chi connectivity index (χ1v) is 7.01. The van der Waals surface area contributed by atoms with Crippen LogP contribution in [0.25, 0.3) is 0 Å². The van der Waals surface area contributed by atoms with Gasteiger partial charge in [-0.3, -0.25) is 0 Å². The Morgan fingerprint density at radius 1 is 1.46 bits per heavy atom. The van der Waals surface area contributed by atoms with Gasteiger partial charge in [0.15, 0.2) is 0 Å². The van der Waals surface area contributed by atoms with Gasteiger partial charge in [0.2, 0.25) is 0 Å². The van der Waals surface area contributed by atoms with E-state index in [9.17, 15) is 8.42 Å². The van der Waals surface area contributed by atoms with Crippen molar-refractivity contribution in [1.82, 2.24) is 5.32 Å². The fourth-order valence-corrected chi connectivity index (χ4v) is 2.02. The molecule has 5 heteroatoms. The van der Waals surface area contributed by atoms with E-state index in [1.807, 2.05) is 0 Å². The van der Waals surface area contributed by atoms with E-state index in [-0.39, 0.29) is 11.2 Å². The van der Waals surface area contributed by atoms with Crippen LogP contribution in [0.15, 0.2) is 0 Å². The van der Waals surface area contributed by atoms with Gasteiger partial charge in [0.1, 0.15) is 9.84 Å². The van der Waals surface area contributed by atoms with Crippen molar-refractivity contribution in [3.8, 4) is 0 Å². The van der Waals surface area contributed by atoms with Crippen molar-refractivity contribution in [3.05, 3.63) is 0 Å². The summed E-state index contributed by atoms with van der Waals surface area (Å²) in [5, 5.41) is 3.13. The third-order valence-corrected chi connectivity index (χ3v) is 3.90. The van der Waals surface area contributed by atoms with E-state index in [1.54, 1.807) is 0 Å². The molecule has 0 heterocycles. The number of hydrogen-bond donors (Lipinski definition) is 1. The van der Waals surface area contributed by atoms with Gasteiger partial charge in [-0.15, -0.1) is 11.6 Å². The van der Waals surface area contributed by atoms with Crippen molar-refractivity contribution in [2.45, 2.75) is 12.8 Å². The number of halogens is 1. The normalized spacial score (nSPS) is 20.2. The highest BCUT2D eigenvalue weighted by Gasteiger charge is 2.40. The van der Waals surface area contributed by atoms with Gasteiger partial charge in [-0.1, -0.05) is 0 Å². The van der Waals surface area contributed by atoms with Crippen LogP contribution in [-0.4, -0.2) is 39.4 Å². The van der Waals surface area contributed by atoms with Crippen molar-refractivity contribution in [3.63, 3.8) is 0 Å². The van der Waals surface area contributed by atoms with Crippen LogP contribution >= 0.6 is 11.6 Å². The second-order valence-corrected chi connectivity index (χ2v) is 6.47. The molecule has 1 fully saturated rings. The van der Waals surface area contributed by atoms with Crippen LogP contribution in [0.1, 0.15) is 12.8 Å². The maximum Gasteiger partial charge on any atom is 0.148 e. The van der Waals surface area contributed by atoms with Crippen molar-refractivity contribution < 1.29 is 8.42 Å². The summed E-state index contributed by atoms with van der Waals surface area (Å²) in [4.78, 5) is 0. The fraction of sp³-hybridized carbons (Fsp3) is 1.00. The zero-order valence-electron chi connectivity index (χ0n) is 7.85. The predicted octanol–water partition coefficient (Wildman–Crippen LogP) is 0.640. The molecule has 1 N–H and O–H groups in total. The quantitative estimate of drug-likeness (QED) is 0.533. The summed E-state index contributed by atoms with van der Waals surface area (Å²) in [5.41, 5.74) is 0.277. The summed E-state index contributed by atoms with van der Waals surface area (Å²) in [6.45, 7) is 1.39. The molecule has 0 spiro atoms. The van der Waals surface area contributed by atoms with Crippen LogP contribution in [0.5, 0.6) is 0 Å². The standard InChI is InChI=1S/C8H16ClNO2S/c1-13(11,12)5-4-10-7-8(6-9)2-3-8/h10H,2-7H2,1H3. The topological polar surface area (TPSA) is 46.2 Å². The molecule has 78 valence electrons. The van der Waals surface area contributed by atoms with Gasteiger partial charge >= 0.3 is 0 Å². The van der Waals surface area contributed by atoms with Crippen molar-refractivity contribution in [2.24, 2.45) is 5.41 Å². The second kappa shape index (κ2) is 4.15. The van der Waals surface area contributed by atoms with Gasteiger partial charge in [-0.25, -0.2) is 8.42 Å². The molecule has 0 bridgehead atoms. The summed E-state index contributed by atoms with van der Waals surface area (Å²) in [6.07, 6.45) is 3.59. The molecular weight excluding hydrogens is 210 g/mol. The maximum atomic E-state index is 10.8. The van der Waals surface area contributed by atoms with Gasteiger partial charge in [-0.05, 0) is 18.3 Å². The molecule has 0 aromatic carbocycles. The van der Waals surface area contributed by atoms with Gasteiger partial charge in [0.05, 0.1) is 5.75 Å². The van der Waals surface area contributed by atoms with E-state index in [4.69, 9.17) is 11.6 Å². The predicted molar refractivity (Wildman–Crippen MR) is 55.0 cm³/mol. The van der Waals surface area contributed by atoms with E-state index in [1.165, 1.54) is 19.1 Å². The second-order valence-electron chi connectivity index (χ2n) is 3.94. The smallest absolute Gasteiger partial charge is 0.148 e. The Bertz CT molecular complexity index is 259. The fourth-order valence-electron chi connectivity index (χ4n) is 1.15. The summed E-state index contributed by atoms with van der Waals surface area (Å²) in [5.74, 6) is 0.893. The minimum absolute atomic E-state index is 0.214. The van der Waals surface area contributed by atoms with E-state index in [0.29, 0.717) is 12.4 Å². The molecule has 3 nitrogen and oxygen atoms in total. The molecule has 0 amide bonds. The van der Waals surface area contributed by atoms with Gasteiger partial charge in [0.25, 0.3) is 0 Å². The molecular formula is C8H16ClNO2S. The minimum Gasteiger partial charge on any atom is -0.315 e.